The fourth-order valence-corrected chi connectivity index (χ4v) is 12.5. The number of nitrogens with one attached hydrogen (secondary N) is 1. The monoisotopic (exact) mass is 1210 g/mol. The van der Waals surface area contributed by atoms with Gasteiger partial charge in [0.1, 0.15) is 13.2 Å². The SMILES string of the molecule is CCCCCCCCCC/C=C\CCCCCCCCCCCCCCCCCCCCCCCCCCCCCCCC(=O)NC(COP(=O)([O-])OCC[N+](C)(C)C)C(O)/C=C/CCCCCCCCCCCCCCCCCCCCC. The lowest BCUT2D eigenvalue weighted by Crippen LogP contribution is -2.45. The molecule has 0 saturated heterocycles. The van der Waals surface area contributed by atoms with Crippen molar-refractivity contribution in [2.75, 3.05) is 40.9 Å². The zero-order chi connectivity index (χ0) is 61.2. The van der Waals surface area contributed by atoms with Crippen LogP contribution < -0.4 is 10.2 Å². The molecule has 0 aliphatic heterocycles. The Morgan fingerprint density at radius 2 is 0.655 bits per heavy atom. The fourth-order valence-electron chi connectivity index (χ4n) is 11.8. The van der Waals surface area contributed by atoms with Crippen molar-refractivity contribution in [3.63, 3.8) is 0 Å². The van der Waals surface area contributed by atoms with Crippen molar-refractivity contribution in [2.24, 2.45) is 0 Å². The maximum absolute atomic E-state index is 13.0. The number of likely N-dealkylation sites (N-methyl/N-ethyl adjacent to an activating group) is 1. The second-order valence-corrected chi connectivity index (χ2v) is 28.8. The van der Waals surface area contributed by atoms with Gasteiger partial charge in [0.05, 0.1) is 39.9 Å². The van der Waals surface area contributed by atoms with E-state index in [1.807, 2.05) is 27.2 Å². The second kappa shape index (κ2) is 66.4. The highest BCUT2D eigenvalue weighted by Gasteiger charge is 2.23. The van der Waals surface area contributed by atoms with E-state index in [4.69, 9.17) is 9.05 Å². The van der Waals surface area contributed by atoms with E-state index in [9.17, 15) is 19.4 Å². The van der Waals surface area contributed by atoms with Crippen LogP contribution >= 0.6 is 7.82 Å². The Morgan fingerprint density at radius 1 is 0.405 bits per heavy atom. The van der Waals surface area contributed by atoms with Gasteiger partial charge in [-0.3, -0.25) is 9.36 Å². The van der Waals surface area contributed by atoms with Gasteiger partial charge in [0.2, 0.25) is 5.91 Å². The van der Waals surface area contributed by atoms with Crippen molar-refractivity contribution >= 4 is 13.7 Å². The number of amides is 1. The molecular formula is C75H149N2O6P. The van der Waals surface area contributed by atoms with Crippen LogP contribution in [0.1, 0.15) is 399 Å². The number of phosphoric ester groups is 1. The van der Waals surface area contributed by atoms with E-state index in [0.717, 1.165) is 38.5 Å². The zero-order valence-electron chi connectivity index (χ0n) is 57.4. The second-order valence-electron chi connectivity index (χ2n) is 27.4. The summed E-state index contributed by atoms with van der Waals surface area (Å²) in [6.07, 6.45) is 87.6. The van der Waals surface area contributed by atoms with Gasteiger partial charge in [0.25, 0.3) is 7.82 Å². The van der Waals surface area contributed by atoms with Crippen molar-refractivity contribution in [1.82, 2.24) is 5.32 Å². The number of allylic oxidation sites excluding steroid dienone is 3. The largest absolute Gasteiger partial charge is 0.756 e. The molecule has 0 aliphatic rings. The lowest BCUT2D eigenvalue weighted by atomic mass is 10.0. The highest BCUT2D eigenvalue weighted by atomic mass is 31.2. The number of hydrogen-bond donors (Lipinski definition) is 2. The lowest BCUT2D eigenvalue weighted by Gasteiger charge is -2.29. The van der Waals surface area contributed by atoms with E-state index < -0.39 is 20.0 Å². The first-order chi connectivity index (χ1) is 41.0. The first-order valence-electron chi connectivity index (χ1n) is 37.7. The Kier molecular flexibility index (Phi) is 65.6. The maximum Gasteiger partial charge on any atom is 0.268 e. The Balaban J connectivity index is 3.88. The molecule has 0 radical (unpaired) electrons. The summed E-state index contributed by atoms with van der Waals surface area (Å²) in [6, 6.07) is -0.884. The minimum Gasteiger partial charge on any atom is -0.756 e. The van der Waals surface area contributed by atoms with Crippen LogP contribution in [0.15, 0.2) is 24.3 Å². The van der Waals surface area contributed by atoms with E-state index in [1.165, 1.54) is 340 Å². The van der Waals surface area contributed by atoms with E-state index >= 15 is 0 Å². The molecule has 0 aromatic rings. The molecule has 0 heterocycles. The first-order valence-corrected chi connectivity index (χ1v) is 39.2. The summed E-state index contributed by atoms with van der Waals surface area (Å²) in [4.78, 5) is 25.6. The predicted octanol–water partition coefficient (Wildman–Crippen LogP) is 23.6. The van der Waals surface area contributed by atoms with Gasteiger partial charge in [-0.2, -0.15) is 0 Å². The van der Waals surface area contributed by atoms with Gasteiger partial charge in [-0.05, 0) is 44.9 Å². The van der Waals surface area contributed by atoms with Gasteiger partial charge >= 0.3 is 0 Å². The van der Waals surface area contributed by atoms with E-state index in [2.05, 4.69) is 31.3 Å². The maximum atomic E-state index is 13.0. The number of carbonyl (C=O) groups excluding carboxylic acids is 1. The minimum absolute atomic E-state index is 0.00237. The van der Waals surface area contributed by atoms with Crippen LogP contribution in [-0.2, 0) is 18.4 Å². The molecule has 9 heteroatoms. The molecule has 0 aromatic carbocycles. The molecule has 0 spiro atoms. The van der Waals surface area contributed by atoms with Crippen molar-refractivity contribution in [2.45, 2.75) is 411 Å². The van der Waals surface area contributed by atoms with Gasteiger partial charge < -0.3 is 28.8 Å². The number of nitrogens with zero attached hydrogens (tertiary/aromatic N) is 1. The lowest BCUT2D eigenvalue weighted by molar-refractivity contribution is -0.870. The summed E-state index contributed by atoms with van der Waals surface area (Å²) in [5.41, 5.74) is 0. The number of rotatable bonds is 71. The van der Waals surface area contributed by atoms with Gasteiger partial charge in [-0.1, -0.05) is 372 Å². The van der Waals surface area contributed by atoms with Crippen LogP contribution in [0.25, 0.3) is 0 Å². The molecular weight excluding hydrogens is 1060 g/mol. The molecule has 0 aromatic heterocycles. The molecule has 0 fully saturated rings. The number of unbranched alkanes of at least 4 members (excludes halogenated alkanes) is 56. The predicted molar refractivity (Wildman–Crippen MR) is 367 cm³/mol. The minimum atomic E-state index is -4.60. The molecule has 84 heavy (non-hydrogen) atoms. The van der Waals surface area contributed by atoms with Gasteiger partial charge in [-0.15, -0.1) is 0 Å². The van der Waals surface area contributed by atoms with Crippen LogP contribution in [0.5, 0.6) is 0 Å². The van der Waals surface area contributed by atoms with Crippen LogP contribution in [0.3, 0.4) is 0 Å². The number of aliphatic hydroxyl groups is 1. The van der Waals surface area contributed by atoms with Gasteiger partial charge in [0.15, 0.2) is 0 Å². The number of hydrogen-bond acceptors (Lipinski definition) is 6. The molecule has 3 atom stereocenters. The molecule has 1 amide bonds. The Hall–Kier alpha value is -1.02. The van der Waals surface area contributed by atoms with E-state index in [1.54, 1.807) is 6.08 Å². The summed E-state index contributed by atoms with van der Waals surface area (Å²) in [5, 5.41) is 14.0. The van der Waals surface area contributed by atoms with Crippen molar-refractivity contribution in [1.29, 1.82) is 0 Å². The fraction of sp³-hybridized carbons (Fsp3) is 0.933. The summed E-state index contributed by atoms with van der Waals surface area (Å²) in [7, 11) is 1.28. The number of carbonyl (C=O) groups is 1. The Labute approximate surface area is 525 Å². The average Bonchev–Trinajstić information content (AvgIpc) is 3.56. The molecule has 500 valence electrons. The molecule has 8 nitrogen and oxygen atoms in total. The normalized spacial score (nSPS) is 13.7. The molecule has 3 unspecified atom stereocenters. The van der Waals surface area contributed by atoms with Crippen LogP contribution in [-0.4, -0.2) is 68.5 Å². The highest BCUT2D eigenvalue weighted by molar-refractivity contribution is 7.45. The molecule has 0 aliphatic carbocycles. The standard InChI is InChI=1S/C75H149N2O6P/c1-6-8-10-12-14-16-18-20-22-24-26-28-29-30-31-32-33-34-35-36-37-38-39-40-41-42-43-44-45-46-47-49-51-53-55-57-59-61-63-65-67-69-75(79)76-73(72-83-84(80,81)82-71-70-77(3,4)5)74(78)68-66-64-62-60-58-56-54-52-50-48-27-25-23-21-19-17-15-13-11-9-7-2/h24,26,66,68,73-74,78H,6-23,25,27-65,67,69-72H2,1-5H3,(H-,76,79,80,81)/b26-24-,68-66+. The van der Waals surface area contributed by atoms with E-state index in [-0.39, 0.29) is 19.1 Å². The average molecular weight is 1210 g/mol. The van der Waals surface area contributed by atoms with Crippen molar-refractivity contribution in [3.8, 4) is 0 Å². The zero-order valence-corrected chi connectivity index (χ0v) is 58.3. The third-order valence-corrected chi connectivity index (χ3v) is 18.6. The molecule has 0 bridgehead atoms. The van der Waals surface area contributed by atoms with Gasteiger partial charge in [0, 0.05) is 6.42 Å². The first kappa shape index (κ1) is 83.0. The van der Waals surface area contributed by atoms with Crippen LogP contribution in [0.2, 0.25) is 0 Å². The molecule has 0 rings (SSSR count). The third-order valence-electron chi connectivity index (χ3n) is 17.7. The molecule has 0 saturated carbocycles. The summed E-state index contributed by atoms with van der Waals surface area (Å²) in [5.74, 6) is -0.188. The topological polar surface area (TPSA) is 108 Å². The Morgan fingerprint density at radius 3 is 0.929 bits per heavy atom. The van der Waals surface area contributed by atoms with Crippen molar-refractivity contribution < 1.29 is 32.9 Å². The summed E-state index contributed by atoms with van der Waals surface area (Å²) < 4.78 is 23.5. The number of phosphoric acid groups is 1. The summed E-state index contributed by atoms with van der Waals surface area (Å²) in [6.45, 7) is 4.71. The smallest absolute Gasteiger partial charge is 0.268 e. The van der Waals surface area contributed by atoms with Gasteiger partial charge in [-0.25, -0.2) is 0 Å². The van der Waals surface area contributed by atoms with Crippen LogP contribution in [0, 0.1) is 0 Å². The number of quaternary nitrogens is 1. The number of aliphatic hydroxyl groups excluding tert-OH is 1. The highest BCUT2D eigenvalue weighted by Crippen LogP contribution is 2.38. The third kappa shape index (κ3) is 68.5. The van der Waals surface area contributed by atoms with Crippen molar-refractivity contribution in [3.05, 3.63) is 24.3 Å². The summed E-state index contributed by atoms with van der Waals surface area (Å²) >= 11 is 0. The van der Waals surface area contributed by atoms with Crippen LogP contribution in [0.4, 0.5) is 0 Å². The van der Waals surface area contributed by atoms with E-state index in [0.29, 0.717) is 17.4 Å². The molecule has 2 N–H and O–H groups in total. The quantitative estimate of drug-likeness (QED) is 0.0272. The Bertz CT molecular complexity index is 1420.